The lowest BCUT2D eigenvalue weighted by Crippen LogP contribution is -2.37. The third kappa shape index (κ3) is 3.31. The molecule has 0 spiro atoms. The summed E-state index contributed by atoms with van der Waals surface area (Å²) in [7, 11) is 1.82. The van der Waals surface area contributed by atoms with E-state index in [9.17, 15) is 9.59 Å². The van der Waals surface area contributed by atoms with E-state index in [4.69, 9.17) is 0 Å². The van der Waals surface area contributed by atoms with Crippen molar-refractivity contribution >= 4 is 11.8 Å². The normalized spacial score (nSPS) is 22.5. The first-order chi connectivity index (χ1) is 10.6. The van der Waals surface area contributed by atoms with E-state index in [1.54, 1.807) is 28.2 Å². The average molecular weight is 304 g/mol. The van der Waals surface area contributed by atoms with Gasteiger partial charge in [-0.3, -0.25) is 9.59 Å². The molecule has 3 rings (SSSR count). The second kappa shape index (κ2) is 6.50. The van der Waals surface area contributed by atoms with Crippen molar-refractivity contribution in [3.8, 4) is 0 Å². The first kappa shape index (κ1) is 15.1. The van der Waals surface area contributed by atoms with Gasteiger partial charge in [-0.1, -0.05) is 12.8 Å². The Morgan fingerprint density at radius 3 is 2.86 bits per heavy atom. The molecule has 6 heteroatoms. The number of carbonyl (C=O) groups is 2. The predicted octanol–water partition coefficient (Wildman–Crippen LogP) is 1.13. The van der Waals surface area contributed by atoms with Crippen molar-refractivity contribution < 1.29 is 9.59 Å². The van der Waals surface area contributed by atoms with E-state index in [0.717, 1.165) is 19.4 Å². The number of imidazole rings is 1. The molecule has 22 heavy (non-hydrogen) atoms. The summed E-state index contributed by atoms with van der Waals surface area (Å²) in [5, 5.41) is 0. The summed E-state index contributed by atoms with van der Waals surface area (Å²) in [6, 6.07) is 0.449. The van der Waals surface area contributed by atoms with Crippen molar-refractivity contribution in [2.45, 2.75) is 44.7 Å². The molecule has 1 aliphatic carbocycles. The summed E-state index contributed by atoms with van der Waals surface area (Å²) in [4.78, 5) is 32.1. The maximum Gasteiger partial charge on any atom is 0.242 e. The standard InChI is InChI=1S/C16H24N4O2/c1-18(16(22)11-19-7-6-17-12-19)9-13-8-15(21)20(10-13)14-4-2-3-5-14/h6-7,12-14H,2-5,8-11H2,1H3/t13-/m0/s1. The fourth-order valence-corrected chi connectivity index (χ4v) is 3.65. The number of amides is 2. The van der Waals surface area contributed by atoms with Crippen LogP contribution in [0.3, 0.4) is 0 Å². The first-order valence-electron chi connectivity index (χ1n) is 8.12. The molecule has 0 N–H and O–H groups in total. The van der Waals surface area contributed by atoms with Crippen LogP contribution in [-0.4, -0.2) is 57.3 Å². The van der Waals surface area contributed by atoms with Crippen molar-refractivity contribution in [1.82, 2.24) is 19.4 Å². The Hall–Kier alpha value is -1.85. The molecule has 1 aromatic heterocycles. The Morgan fingerprint density at radius 1 is 1.41 bits per heavy atom. The summed E-state index contributed by atoms with van der Waals surface area (Å²) in [5.41, 5.74) is 0. The van der Waals surface area contributed by atoms with Crippen LogP contribution in [0.25, 0.3) is 0 Å². The molecular weight excluding hydrogens is 280 g/mol. The van der Waals surface area contributed by atoms with Crippen molar-refractivity contribution in [3.63, 3.8) is 0 Å². The number of likely N-dealkylation sites (tertiary alicyclic amines) is 1. The van der Waals surface area contributed by atoms with E-state index in [-0.39, 0.29) is 17.7 Å². The molecular formula is C16H24N4O2. The summed E-state index contributed by atoms with van der Waals surface area (Å²) < 4.78 is 1.77. The second-order valence-electron chi connectivity index (χ2n) is 6.56. The number of likely N-dealkylation sites (N-methyl/N-ethyl adjacent to an activating group) is 1. The van der Waals surface area contributed by atoms with Gasteiger partial charge < -0.3 is 14.4 Å². The first-order valence-corrected chi connectivity index (χ1v) is 8.12. The van der Waals surface area contributed by atoms with Gasteiger partial charge >= 0.3 is 0 Å². The minimum absolute atomic E-state index is 0.0600. The van der Waals surface area contributed by atoms with Crippen LogP contribution in [0.2, 0.25) is 0 Å². The molecule has 0 aromatic carbocycles. The highest BCUT2D eigenvalue weighted by Gasteiger charge is 2.36. The van der Waals surface area contributed by atoms with Crippen LogP contribution >= 0.6 is 0 Å². The third-order valence-electron chi connectivity index (χ3n) is 4.84. The van der Waals surface area contributed by atoms with Gasteiger partial charge in [0.05, 0.1) is 6.33 Å². The highest BCUT2D eigenvalue weighted by Crippen LogP contribution is 2.29. The zero-order valence-corrected chi connectivity index (χ0v) is 13.1. The van der Waals surface area contributed by atoms with Gasteiger partial charge in [0.15, 0.2) is 0 Å². The Balaban J connectivity index is 1.50. The molecule has 6 nitrogen and oxygen atoms in total. The molecule has 1 aliphatic heterocycles. The minimum atomic E-state index is 0.0600. The SMILES string of the molecule is CN(C[C@@H]1CC(=O)N(C2CCCC2)C1)C(=O)Cn1ccnc1. The fourth-order valence-electron chi connectivity index (χ4n) is 3.65. The van der Waals surface area contributed by atoms with E-state index < -0.39 is 0 Å². The topological polar surface area (TPSA) is 58.4 Å². The molecule has 1 saturated heterocycles. The smallest absolute Gasteiger partial charge is 0.242 e. The van der Waals surface area contributed by atoms with Crippen LogP contribution in [0.1, 0.15) is 32.1 Å². The van der Waals surface area contributed by atoms with E-state index in [0.29, 0.717) is 25.6 Å². The number of hydrogen-bond acceptors (Lipinski definition) is 3. The molecule has 0 unspecified atom stereocenters. The third-order valence-corrected chi connectivity index (χ3v) is 4.84. The lowest BCUT2D eigenvalue weighted by atomic mass is 10.1. The molecule has 1 atom stereocenters. The maximum atomic E-state index is 12.2. The molecule has 0 bridgehead atoms. The molecule has 0 radical (unpaired) electrons. The molecule has 120 valence electrons. The van der Waals surface area contributed by atoms with E-state index in [2.05, 4.69) is 9.88 Å². The number of nitrogens with zero attached hydrogens (tertiary/aromatic N) is 4. The van der Waals surface area contributed by atoms with Crippen LogP contribution in [0.15, 0.2) is 18.7 Å². The van der Waals surface area contributed by atoms with E-state index >= 15 is 0 Å². The highest BCUT2D eigenvalue weighted by molar-refractivity contribution is 5.79. The average Bonchev–Trinajstić information content (AvgIpc) is 3.20. The van der Waals surface area contributed by atoms with Crippen LogP contribution in [0, 0.1) is 5.92 Å². The Kier molecular flexibility index (Phi) is 4.45. The van der Waals surface area contributed by atoms with Gasteiger partial charge in [-0.25, -0.2) is 4.98 Å². The van der Waals surface area contributed by atoms with Gasteiger partial charge in [-0.15, -0.1) is 0 Å². The van der Waals surface area contributed by atoms with Crippen LogP contribution < -0.4 is 0 Å². The highest BCUT2D eigenvalue weighted by atomic mass is 16.2. The second-order valence-corrected chi connectivity index (χ2v) is 6.56. The summed E-state index contributed by atoms with van der Waals surface area (Å²) in [5.74, 6) is 0.599. The van der Waals surface area contributed by atoms with Crippen LogP contribution in [-0.2, 0) is 16.1 Å². The Bertz CT molecular complexity index is 522. The van der Waals surface area contributed by atoms with Gasteiger partial charge in [0, 0.05) is 50.9 Å². The van der Waals surface area contributed by atoms with Gasteiger partial charge in [0.25, 0.3) is 0 Å². The molecule has 2 fully saturated rings. The van der Waals surface area contributed by atoms with Gasteiger partial charge in [-0.2, -0.15) is 0 Å². The number of hydrogen-bond donors (Lipinski definition) is 0. The van der Waals surface area contributed by atoms with Crippen LogP contribution in [0.4, 0.5) is 0 Å². The van der Waals surface area contributed by atoms with Gasteiger partial charge in [-0.05, 0) is 12.8 Å². The quantitative estimate of drug-likeness (QED) is 0.819. The number of carbonyl (C=O) groups excluding carboxylic acids is 2. The zero-order chi connectivity index (χ0) is 15.5. The predicted molar refractivity (Wildman–Crippen MR) is 81.9 cm³/mol. The van der Waals surface area contributed by atoms with Crippen molar-refractivity contribution in [2.75, 3.05) is 20.1 Å². The number of rotatable bonds is 5. The summed E-state index contributed by atoms with van der Waals surface area (Å²) in [6.45, 7) is 1.78. The monoisotopic (exact) mass is 304 g/mol. The minimum Gasteiger partial charge on any atom is -0.344 e. The molecule has 2 amide bonds. The lowest BCUT2D eigenvalue weighted by Gasteiger charge is -2.25. The summed E-state index contributed by atoms with van der Waals surface area (Å²) in [6.07, 6.45) is 10.5. The Morgan fingerprint density at radius 2 is 2.18 bits per heavy atom. The van der Waals surface area contributed by atoms with Gasteiger partial charge in [0.1, 0.15) is 6.54 Å². The summed E-state index contributed by atoms with van der Waals surface area (Å²) >= 11 is 0. The zero-order valence-electron chi connectivity index (χ0n) is 13.1. The number of aromatic nitrogens is 2. The molecule has 2 heterocycles. The van der Waals surface area contributed by atoms with Crippen molar-refractivity contribution in [3.05, 3.63) is 18.7 Å². The Labute approximate surface area is 131 Å². The molecule has 1 saturated carbocycles. The van der Waals surface area contributed by atoms with E-state index in [1.165, 1.54) is 12.8 Å². The maximum absolute atomic E-state index is 12.2. The molecule has 2 aliphatic rings. The lowest BCUT2D eigenvalue weighted by molar-refractivity contribution is -0.131. The van der Waals surface area contributed by atoms with Crippen LogP contribution in [0.5, 0.6) is 0 Å². The molecule has 1 aromatic rings. The van der Waals surface area contributed by atoms with E-state index in [1.807, 2.05) is 7.05 Å². The fraction of sp³-hybridized carbons (Fsp3) is 0.688. The largest absolute Gasteiger partial charge is 0.344 e. The van der Waals surface area contributed by atoms with Gasteiger partial charge in [0.2, 0.25) is 11.8 Å². The van der Waals surface area contributed by atoms with Crippen molar-refractivity contribution in [1.29, 1.82) is 0 Å². The van der Waals surface area contributed by atoms with Crippen molar-refractivity contribution in [2.24, 2.45) is 5.92 Å².